The number of benzene rings is 1. The number of rotatable bonds is 6. The van der Waals surface area contributed by atoms with Crippen molar-refractivity contribution in [2.24, 2.45) is 7.05 Å². The monoisotopic (exact) mass is 564 g/mol. The molecule has 1 saturated carbocycles. The van der Waals surface area contributed by atoms with E-state index in [0.29, 0.717) is 31.2 Å². The molecule has 0 unspecified atom stereocenters. The van der Waals surface area contributed by atoms with Crippen molar-refractivity contribution in [2.45, 2.75) is 76.4 Å². The number of hydrogen-bond donors (Lipinski definition) is 1. The van der Waals surface area contributed by atoms with E-state index < -0.39 is 35.3 Å². The number of halogens is 3. The van der Waals surface area contributed by atoms with Crippen molar-refractivity contribution in [3.05, 3.63) is 51.9 Å². The lowest BCUT2D eigenvalue weighted by molar-refractivity contribution is -0.225. The second-order valence-electron chi connectivity index (χ2n) is 11.1. The largest absolute Gasteiger partial charge is 0.493 e. The molecule has 1 N–H and O–H groups in total. The van der Waals surface area contributed by atoms with Crippen LogP contribution in [0.25, 0.3) is 0 Å². The van der Waals surface area contributed by atoms with E-state index >= 15 is 0 Å². The quantitative estimate of drug-likeness (QED) is 0.560. The minimum absolute atomic E-state index is 0.0526. The highest BCUT2D eigenvalue weighted by Crippen LogP contribution is 2.51. The fourth-order valence-electron chi connectivity index (χ4n) is 5.45. The van der Waals surface area contributed by atoms with Gasteiger partial charge in [-0.25, -0.2) is 4.79 Å². The minimum Gasteiger partial charge on any atom is -0.490 e. The lowest BCUT2D eigenvalue weighted by atomic mass is 9.71. The molecule has 2 aromatic rings. The molecule has 216 valence electrons. The molecular formula is C27H31F3N4O6. The number of carbonyl (C=O) groups excluding carboxylic acids is 2. The van der Waals surface area contributed by atoms with Crippen LogP contribution in [0.15, 0.2) is 35.3 Å². The van der Waals surface area contributed by atoms with Crippen LogP contribution in [-0.4, -0.2) is 51.5 Å². The van der Waals surface area contributed by atoms with Gasteiger partial charge in [0.15, 0.2) is 0 Å². The summed E-state index contributed by atoms with van der Waals surface area (Å²) in [5.74, 6) is -2.94. The summed E-state index contributed by atoms with van der Waals surface area (Å²) in [6.45, 7) is 5.78. The number of aryl methyl sites for hydroxylation is 1. The maximum Gasteiger partial charge on any atom is 0.493 e. The van der Waals surface area contributed by atoms with E-state index in [1.807, 2.05) is 6.92 Å². The number of ether oxygens (including phenoxy) is 2. The van der Waals surface area contributed by atoms with Crippen LogP contribution in [0.1, 0.15) is 62.4 Å². The molecule has 2 saturated heterocycles. The minimum atomic E-state index is -5.22. The fraction of sp³-hybridized carbons (Fsp3) is 0.519. The van der Waals surface area contributed by atoms with Gasteiger partial charge in [0.25, 0.3) is 11.5 Å². The fourth-order valence-corrected chi connectivity index (χ4v) is 5.45. The number of carbonyl (C=O) groups is 2. The molecule has 13 heteroatoms. The van der Waals surface area contributed by atoms with Crippen LogP contribution in [0.5, 0.6) is 5.75 Å². The van der Waals surface area contributed by atoms with Gasteiger partial charge in [0.1, 0.15) is 17.1 Å². The van der Waals surface area contributed by atoms with Gasteiger partial charge in [-0.05, 0) is 70.2 Å². The van der Waals surface area contributed by atoms with Gasteiger partial charge in [0.05, 0.1) is 29.4 Å². The molecule has 1 amide bonds. The molecule has 3 fully saturated rings. The number of pyridine rings is 1. The lowest BCUT2D eigenvalue weighted by Gasteiger charge is -2.56. The molecule has 3 aliphatic heterocycles. The van der Waals surface area contributed by atoms with Gasteiger partial charge in [-0.15, -0.1) is 5.17 Å². The second kappa shape index (κ2) is 9.81. The van der Waals surface area contributed by atoms with E-state index in [2.05, 4.69) is 5.32 Å². The van der Waals surface area contributed by atoms with Crippen molar-refractivity contribution in [2.75, 3.05) is 17.1 Å². The number of fused-ring (bicyclic) bond motifs is 4. The average Bonchev–Trinajstić information content (AvgIpc) is 3.24. The maximum atomic E-state index is 13.4. The molecule has 4 aliphatic rings. The van der Waals surface area contributed by atoms with Crippen molar-refractivity contribution in [1.82, 2.24) is 9.58 Å². The Morgan fingerprint density at radius 2 is 1.85 bits per heavy atom. The molecule has 0 radical (unpaired) electrons. The maximum absolute atomic E-state index is 13.4. The summed E-state index contributed by atoms with van der Waals surface area (Å²) in [6.07, 6.45) is -1.44. The summed E-state index contributed by atoms with van der Waals surface area (Å²) in [4.78, 5) is 42.9. The third kappa shape index (κ3) is 5.03. The van der Waals surface area contributed by atoms with E-state index in [1.165, 1.54) is 22.8 Å². The highest BCUT2D eigenvalue weighted by atomic mass is 19.4. The Morgan fingerprint density at radius 1 is 1.15 bits per heavy atom. The summed E-state index contributed by atoms with van der Waals surface area (Å²) in [6, 6.07) is 5.97. The summed E-state index contributed by atoms with van der Waals surface area (Å²) in [7, 11) is 1.55. The average molecular weight is 565 g/mol. The van der Waals surface area contributed by atoms with Crippen LogP contribution in [0.4, 0.5) is 24.5 Å². The predicted octanol–water partition coefficient (Wildman–Crippen LogP) is 4.08. The Bertz CT molecular complexity index is 1380. The van der Waals surface area contributed by atoms with Crippen molar-refractivity contribution >= 4 is 23.3 Å². The molecule has 10 nitrogen and oxygen atoms in total. The number of nitrogens with one attached hydrogen (secondary N) is 1. The first kappa shape index (κ1) is 28.0. The standard InChI is InChI=1S/C27H31F3N4O6/c1-16(2)39-21-13-20-17(12-18(21)22(35)31-19-6-5-11-32(4)23(19)36)14-33(34(20)40-24(37)27(28,29)30)26-9-7-25(3,8-10-26)38-15-26/h5-6,11-13,16H,7-10,14-15H2,1-4H3,(H,31,35). The third-order valence-electron chi connectivity index (χ3n) is 7.78. The number of aromatic nitrogens is 1. The Hall–Kier alpha value is -3.58. The first-order chi connectivity index (χ1) is 18.7. The van der Waals surface area contributed by atoms with Crippen LogP contribution in [0.3, 0.4) is 0 Å². The van der Waals surface area contributed by atoms with E-state index in [-0.39, 0.29) is 41.4 Å². The van der Waals surface area contributed by atoms with E-state index in [4.69, 9.17) is 14.3 Å². The van der Waals surface area contributed by atoms with E-state index in [1.54, 1.807) is 38.2 Å². The second-order valence-corrected chi connectivity index (χ2v) is 11.1. The zero-order chi connectivity index (χ0) is 29.0. The predicted molar refractivity (Wildman–Crippen MR) is 138 cm³/mol. The molecular weight excluding hydrogens is 533 g/mol. The van der Waals surface area contributed by atoms with Crippen molar-refractivity contribution in [1.29, 1.82) is 0 Å². The number of hydrogen-bond acceptors (Lipinski definition) is 8. The molecule has 2 bridgehead atoms. The zero-order valence-electron chi connectivity index (χ0n) is 22.6. The summed E-state index contributed by atoms with van der Waals surface area (Å²) in [5.41, 5.74) is -0.687. The van der Waals surface area contributed by atoms with Crippen molar-refractivity contribution in [3.63, 3.8) is 0 Å². The summed E-state index contributed by atoms with van der Waals surface area (Å²) in [5, 5.41) is 5.08. The normalized spacial score (nSPS) is 24.2. The number of alkyl halides is 3. The first-order valence-corrected chi connectivity index (χ1v) is 13.0. The van der Waals surface area contributed by atoms with Gasteiger partial charge >= 0.3 is 12.1 Å². The highest BCUT2D eigenvalue weighted by Gasteiger charge is 2.55. The van der Waals surface area contributed by atoms with Gasteiger partial charge in [-0.3, -0.25) is 9.59 Å². The van der Waals surface area contributed by atoms with Crippen LogP contribution < -0.4 is 20.8 Å². The molecule has 1 aromatic carbocycles. The van der Waals surface area contributed by atoms with Crippen LogP contribution in [0, 0.1) is 0 Å². The van der Waals surface area contributed by atoms with Gasteiger partial charge in [0.2, 0.25) is 0 Å². The van der Waals surface area contributed by atoms with Crippen LogP contribution in [-0.2, 0) is 28.0 Å². The first-order valence-electron chi connectivity index (χ1n) is 13.0. The third-order valence-corrected chi connectivity index (χ3v) is 7.78. The van der Waals surface area contributed by atoms with Crippen molar-refractivity contribution < 1.29 is 37.1 Å². The molecule has 6 rings (SSSR count). The molecule has 40 heavy (non-hydrogen) atoms. The number of amides is 1. The molecule has 1 aliphatic carbocycles. The zero-order valence-corrected chi connectivity index (χ0v) is 22.6. The van der Waals surface area contributed by atoms with Gasteiger partial charge in [-0.1, -0.05) is 0 Å². The van der Waals surface area contributed by atoms with E-state index in [0.717, 1.165) is 5.17 Å². The van der Waals surface area contributed by atoms with E-state index in [9.17, 15) is 27.6 Å². The summed E-state index contributed by atoms with van der Waals surface area (Å²) < 4.78 is 53.2. The van der Waals surface area contributed by atoms with Crippen LogP contribution in [0.2, 0.25) is 0 Å². The van der Waals surface area contributed by atoms with Crippen molar-refractivity contribution in [3.8, 4) is 5.75 Å². The Kier molecular flexibility index (Phi) is 6.86. The Balaban J connectivity index is 1.56. The molecule has 4 heterocycles. The van der Waals surface area contributed by atoms with Crippen LogP contribution >= 0.6 is 0 Å². The topological polar surface area (TPSA) is 102 Å². The molecule has 0 spiro atoms. The number of anilines is 2. The van der Waals surface area contributed by atoms with Gasteiger partial charge in [0, 0.05) is 25.9 Å². The highest BCUT2D eigenvalue weighted by molar-refractivity contribution is 6.06. The Morgan fingerprint density at radius 3 is 2.45 bits per heavy atom. The lowest BCUT2D eigenvalue weighted by Crippen LogP contribution is -2.65. The smallest absolute Gasteiger partial charge is 0.490 e. The number of nitrogens with zero attached hydrogens (tertiary/aromatic N) is 3. The summed E-state index contributed by atoms with van der Waals surface area (Å²) >= 11 is 0. The SMILES string of the molecule is CC(C)Oc1cc2c(cc1C(=O)Nc1cccn(C)c1=O)CN(C13CCC(C)(CC1)OC3)N2OC(=O)C(F)(F)F. The van der Waals surface area contributed by atoms with Gasteiger partial charge in [-0.2, -0.15) is 18.2 Å². The number of hydrazine groups is 1. The molecule has 1 aromatic heterocycles. The Labute approximate surface area is 228 Å². The molecule has 0 atom stereocenters. The van der Waals surface area contributed by atoms with Gasteiger partial charge < -0.3 is 24.2 Å².